The van der Waals surface area contributed by atoms with E-state index in [-0.39, 0.29) is 11.7 Å². The minimum Gasteiger partial charge on any atom is -0.305 e. The van der Waals surface area contributed by atoms with Gasteiger partial charge in [0, 0.05) is 17.7 Å². The van der Waals surface area contributed by atoms with Crippen LogP contribution in [0.4, 0.5) is 15.6 Å². The smallest absolute Gasteiger partial charge is 0.305 e. The highest BCUT2D eigenvalue weighted by Crippen LogP contribution is 2.30. The molecule has 1 aliphatic carbocycles. The topological polar surface area (TPSA) is 84.0 Å². The molecule has 3 rings (SSSR count). The van der Waals surface area contributed by atoms with Crippen molar-refractivity contribution >= 4 is 49.9 Å². The van der Waals surface area contributed by atoms with Crippen molar-refractivity contribution in [2.75, 3.05) is 10.6 Å². The molecule has 2 N–H and O–H groups in total. The van der Waals surface area contributed by atoms with Crippen LogP contribution in [0.5, 0.6) is 0 Å². The third-order valence-electron chi connectivity index (χ3n) is 3.76. The number of anilines is 2. The normalized spacial score (nSPS) is 14.7. The van der Waals surface area contributed by atoms with Crippen molar-refractivity contribution in [2.24, 2.45) is 5.92 Å². The number of hydrogen-bond donors (Lipinski definition) is 2. The molecule has 8 heteroatoms. The van der Waals surface area contributed by atoms with Gasteiger partial charge in [0.05, 0.1) is 21.9 Å². The molecule has 0 saturated heterocycles. The first kappa shape index (κ1) is 16.1. The Kier molecular flexibility index (Phi) is 5.02. The van der Waals surface area contributed by atoms with E-state index in [1.807, 2.05) is 0 Å². The number of urea groups is 1. The van der Waals surface area contributed by atoms with Gasteiger partial charge in [-0.2, -0.15) is 0 Å². The lowest BCUT2D eigenvalue weighted by Gasteiger charge is -2.13. The Morgan fingerprint density at radius 2 is 2.00 bits per heavy atom. The Morgan fingerprint density at radius 1 is 1.22 bits per heavy atom. The predicted octanol–water partition coefficient (Wildman–Crippen LogP) is 4.32. The van der Waals surface area contributed by atoms with Gasteiger partial charge in [-0.25, -0.2) is 9.78 Å². The summed E-state index contributed by atoms with van der Waals surface area (Å²) < 4.78 is 0.825. The zero-order chi connectivity index (χ0) is 16.2. The van der Waals surface area contributed by atoms with Gasteiger partial charge >= 0.3 is 6.03 Å². The number of pyridine rings is 1. The second kappa shape index (κ2) is 7.18. The first-order chi connectivity index (χ1) is 11.1. The summed E-state index contributed by atoms with van der Waals surface area (Å²) in [5.74, 6) is 0.133. The van der Waals surface area contributed by atoms with Gasteiger partial charge < -0.3 is 5.32 Å². The van der Waals surface area contributed by atoms with E-state index in [0.29, 0.717) is 16.4 Å². The number of nitrogens with zero attached hydrogens (tertiary/aromatic N) is 2. The number of carbonyl (C=O) groups is 2. The molecule has 1 aliphatic rings. The molecule has 2 aromatic rings. The minimum absolute atomic E-state index is 0.0518. The van der Waals surface area contributed by atoms with Gasteiger partial charge in [0.2, 0.25) is 0 Å². The summed E-state index contributed by atoms with van der Waals surface area (Å²) in [5.41, 5.74) is 0.944. The van der Waals surface area contributed by atoms with Crippen LogP contribution < -0.4 is 10.6 Å². The molecule has 0 aromatic carbocycles. The van der Waals surface area contributed by atoms with E-state index in [4.69, 9.17) is 0 Å². The highest BCUT2D eigenvalue weighted by molar-refractivity contribution is 9.11. The maximum absolute atomic E-state index is 12.6. The summed E-state index contributed by atoms with van der Waals surface area (Å²) >= 11 is 4.60. The third-order valence-corrected chi connectivity index (χ3v) is 5.15. The second-order valence-electron chi connectivity index (χ2n) is 5.32. The predicted molar refractivity (Wildman–Crippen MR) is 93.0 cm³/mol. The van der Waals surface area contributed by atoms with Crippen LogP contribution in [-0.4, -0.2) is 21.8 Å². The molecular formula is C15H15BrN4O2S. The molecule has 2 aromatic heterocycles. The van der Waals surface area contributed by atoms with Crippen LogP contribution in [0.15, 0.2) is 28.4 Å². The molecule has 1 fully saturated rings. The molecule has 0 unspecified atom stereocenters. The summed E-state index contributed by atoms with van der Waals surface area (Å²) in [6.07, 6.45) is 8.69. The van der Waals surface area contributed by atoms with Crippen LogP contribution in [0.1, 0.15) is 36.0 Å². The zero-order valence-corrected chi connectivity index (χ0v) is 14.6. The number of halogens is 1. The quantitative estimate of drug-likeness (QED) is 0.756. The summed E-state index contributed by atoms with van der Waals surface area (Å²) in [6.45, 7) is 0. The summed E-state index contributed by atoms with van der Waals surface area (Å²) in [6, 6.07) is 1.22. The molecular weight excluding hydrogens is 380 g/mol. The lowest BCUT2D eigenvalue weighted by molar-refractivity contribution is 0.0923. The van der Waals surface area contributed by atoms with Crippen LogP contribution in [0, 0.1) is 5.92 Å². The first-order valence-electron chi connectivity index (χ1n) is 7.31. The van der Waals surface area contributed by atoms with Crippen molar-refractivity contribution in [3.05, 3.63) is 34.0 Å². The molecule has 0 spiro atoms. The minimum atomic E-state index is -0.444. The van der Waals surface area contributed by atoms with Crippen molar-refractivity contribution < 1.29 is 9.59 Å². The highest BCUT2D eigenvalue weighted by Gasteiger charge is 2.26. The van der Waals surface area contributed by atoms with E-state index >= 15 is 0 Å². The maximum Gasteiger partial charge on any atom is 0.325 e. The number of amides is 2. The Labute approximate surface area is 145 Å². The van der Waals surface area contributed by atoms with E-state index < -0.39 is 6.03 Å². The standard InChI is InChI=1S/C15H15BrN4O2S/c16-12-8-18-15(23-12)20-14(22)19-11-7-17-6-5-10(11)13(21)9-3-1-2-4-9/h5-9H,1-4H2,(H2,18,19,20,22). The van der Waals surface area contributed by atoms with Gasteiger partial charge in [-0.3, -0.25) is 15.1 Å². The Balaban J connectivity index is 1.72. The van der Waals surface area contributed by atoms with E-state index in [1.165, 1.54) is 17.5 Å². The van der Waals surface area contributed by atoms with Crippen molar-refractivity contribution in [3.8, 4) is 0 Å². The van der Waals surface area contributed by atoms with E-state index in [0.717, 1.165) is 29.5 Å². The molecule has 0 radical (unpaired) electrons. The fourth-order valence-corrected chi connectivity index (χ4v) is 3.78. The number of aromatic nitrogens is 2. The molecule has 0 aliphatic heterocycles. The Bertz CT molecular complexity index is 728. The maximum atomic E-state index is 12.6. The number of ketones is 1. The number of nitrogens with one attached hydrogen (secondary N) is 2. The number of Topliss-reactive ketones (excluding diaryl/α,β-unsaturated/α-hetero) is 1. The Hall–Kier alpha value is -1.80. The van der Waals surface area contributed by atoms with E-state index in [2.05, 4.69) is 36.5 Å². The van der Waals surface area contributed by atoms with Gasteiger partial charge in [-0.1, -0.05) is 24.2 Å². The molecule has 6 nitrogen and oxygen atoms in total. The summed E-state index contributed by atoms with van der Waals surface area (Å²) in [5, 5.41) is 5.80. The molecule has 2 heterocycles. The van der Waals surface area contributed by atoms with Gasteiger partial charge in [0.1, 0.15) is 0 Å². The van der Waals surface area contributed by atoms with Gasteiger partial charge in [0.15, 0.2) is 10.9 Å². The third kappa shape index (κ3) is 3.94. The number of thiazole rings is 1. The van der Waals surface area contributed by atoms with Crippen molar-refractivity contribution in [3.63, 3.8) is 0 Å². The molecule has 1 saturated carbocycles. The highest BCUT2D eigenvalue weighted by atomic mass is 79.9. The molecule has 120 valence electrons. The largest absolute Gasteiger partial charge is 0.325 e. The van der Waals surface area contributed by atoms with Crippen LogP contribution in [-0.2, 0) is 0 Å². The fraction of sp³-hybridized carbons (Fsp3) is 0.333. The van der Waals surface area contributed by atoms with Crippen LogP contribution >= 0.6 is 27.3 Å². The molecule has 0 atom stereocenters. The first-order valence-corrected chi connectivity index (χ1v) is 8.92. The fourth-order valence-electron chi connectivity index (χ4n) is 2.68. The average molecular weight is 395 g/mol. The SMILES string of the molecule is O=C(Nc1ncc(Br)s1)Nc1cnccc1C(=O)C1CCCC1. The summed E-state index contributed by atoms with van der Waals surface area (Å²) in [7, 11) is 0. The lowest BCUT2D eigenvalue weighted by atomic mass is 9.96. The lowest BCUT2D eigenvalue weighted by Crippen LogP contribution is -2.22. The van der Waals surface area contributed by atoms with Gasteiger partial charge in [-0.05, 0) is 34.8 Å². The van der Waals surface area contributed by atoms with Gasteiger partial charge in [0.25, 0.3) is 0 Å². The Morgan fingerprint density at radius 3 is 2.70 bits per heavy atom. The van der Waals surface area contributed by atoms with Crippen molar-refractivity contribution in [1.29, 1.82) is 0 Å². The van der Waals surface area contributed by atoms with Crippen molar-refractivity contribution in [1.82, 2.24) is 9.97 Å². The van der Waals surface area contributed by atoms with E-state index in [9.17, 15) is 9.59 Å². The average Bonchev–Trinajstić information content (AvgIpc) is 3.19. The van der Waals surface area contributed by atoms with Crippen LogP contribution in [0.25, 0.3) is 0 Å². The van der Waals surface area contributed by atoms with Crippen molar-refractivity contribution in [2.45, 2.75) is 25.7 Å². The number of hydrogen-bond acceptors (Lipinski definition) is 5. The molecule has 0 bridgehead atoms. The molecule has 23 heavy (non-hydrogen) atoms. The van der Waals surface area contributed by atoms with Gasteiger partial charge in [-0.15, -0.1) is 0 Å². The molecule has 2 amide bonds. The number of carbonyl (C=O) groups excluding carboxylic acids is 2. The summed E-state index contributed by atoms with van der Waals surface area (Å²) in [4.78, 5) is 32.7. The van der Waals surface area contributed by atoms with Crippen LogP contribution in [0.3, 0.4) is 0 Å². The van der Waals surface area contributed by atoms with Crippen LogP contribution in [0.2, 0.25) is 0 Å². The second-order valence-corrected chi connectivity index (χ2v) is 7.73. The monoisotopic (exact) mass is 394 g/mol. The number of rotatable bonds is 4. The zero-order valence-electron chi connectivity index (χ0n) is 12.2. The van der Waals surface area contributed by atoms with E-state index in [1.54, 1.807) is 18.5 Å².